The number of ether oxygens (including phenoxy) is 2. The van der Waals surface area contributed by atoms with E-state index in [2.05, 4.69) is 10.1 Å². The molecule has 1 aliphatic rings. The van der Waals surface area contributed by atoms with Gasteiger partial charge in [-0.1, -0.05) is 0 Å². The standard InChI is InChI=1S/C14H17N5O4/c1-17-8-15-14(16-17)11-4-9(18-6-10(7-18)22-2)5-12(19(20)21)13(11)23-3/h4-5,8,10H,6-7H2,1-3H3. The SMILES string of the molecule is COc1c(-c2ncn(C)n2)cc(N2CC(OC)C2)cc1[N+](=O)[O-]. The van der Waals surface area contributed by atoms with E-state index in [9.17, 15) is 10.1 Å². The molecular weight excluding hydrogens is 302 g/mol. The third-order valence-electron chi connectivity index (χ3n) is 3.84. The summed E-state index contributed by atoms with van der Waals surface area (Å²) in [6.45, 7) is 1.38. The van der Waals surface area contributed by atoms with Crippen molar-refractivity contribution >= 4 is 11.4 Å². The van der Waals surface area contributed by atoms with E-state index in [4.69, 9.17) is 9.47 Å². The smallest absolute Gasteiger partial charge is 0.313 e. The van der Waals surface area contributed by atoms with Crippen molar-refractivity contribution < 1.29 is 14.4 Å². The van der Waals surface area contributed by atoms with Crippen LogP contribution in [0.1, 0.15) is 0 Å². The van der Waals surface area contributed by atoms with Gasteiger partial charge in [0, 0.05) is 39.0 Å². The van der Waals surface area contributed by atoms with Crippen LogP contribution < -0.4 is 9.64 Å². The molecule has 0 radical (unpaired) electrons. The van der Waals surface area contributed by atoms with Crippen molar-refractivity contribution in [2.45, 2.75) is 6.10 Å². The molecule has 122 valence electrons. The van der Waals surface area contributed by atoms with Gasteiger partial charge in [0.1, 0.15) is 6.33 Å². The molecule has 0 unspecified atom stereocenters. The molecule has 0 saturated carbocycles. The van der Waals surface area contributed by atoms with Crippen molar-refractivity contribution in [2.75, 3.05) is 32.2 Å². The Morgan fingerprint density at radius 3 is 2.61 bits per heavy atom. The summed E-state index contributed by atoms with van der Waals surface area (Å²) in [6.07, 6.45) is 1.69. The summed E-state index contributed by atoms with van der Waals surface area (Å²) < 4.78 is 12.0. The lowest BCUT2D eigenvalue weighted by Crippen LogP contribution is -2.51. The molecule has 0 spiro atoms. The van der Waals surface area contributed by atoms with E-state index in [0.29, 0.717) is 24.5 Å². The Morgan fingerprint density at radius 1 is 1.35 bits per heavy atom. The summed E-state index contributed by atoms with van der Waals surface area (Å²) in [4.78, 5) is 17.1. The van der Waals surface area contributed by atoms with E-state index in [1.807, 2.05) is 11.0 Å². The summed E-state index contributed by atoms with van der Waals surface area (Å²) >= 11 is 0. The number of benzene rings is 1. The molecule has 1 aliphatic heterocycles. The van der Waals surface area contributed by atoms with Crippen molar-refractivity contribution in [3.8, 4) is 17.1 Å². The number of rotatable bonds is 5. The minimum atomic E-state index is -0.456. The monoisotopic (exact) mass is 319 g/mol. The largest absolute Gasteiger partial charge is 0.490 e. The van der Waals surface area contributed by atoms with Crippen LogP contribution in [0.15, 0.2) is 18.5 Å². The van der Waals surface area contributed by atoms with Gasteiger partial charge in [0.15, 0.2) is 5.82 Å². The number of nitro groups is 1. The van der Waals surface area contributed by atoms with Crippen LogP contribution in [0.2, 0.25) is 0 Å². The lowest BCUT2D eigenvalue weighted by molar-refractivity contribution is -0.385. The average Bonchev–Trinajstić information content (AvgIpc) is 2.91. The predicted octanol–water partition coefficient (Wildman–Crippen LogP) is 1.23. The van der Waals surface area contributed by atoms with Crippen molar-refractivity contribution in [1.29, 1.82) is 0 Å². The maximum absolute atomic E-state index is 11.4. The zero-order chi connectivity index (χ0) is 16.6. The quantitative estimate of drug-likeness (QED) is 0.604. The zero-order valence-electron chi connectivity index (χ0n) is 13.1. The molecule has 0 aliphatic carbocycles. The Bertz CT molecular complexity index is 739. The van der Waals surface area contributed by atoms with E-state index in [1.54, 1.807) is 14.2 Å². The van der Waals surface area contributed by atoms with Crippen molar-refractivity contribution in [2.24, 2.45) is 7.05 Å². The van der Waals surface area contributed by atoms with Crippen molar-refractivity contribution in [1.82, 2.24) is 14.8 Å². The van der Waals surface area contributed by atoms with E-state index in [1.165, 1.54) is 24.2 Å². The van der Waals surface area contributed by atoms with Gasteiger partial charge in [0.05, 0.1) is 23.7 Å². The van der Waals surface area contributed by atoms with Crippen LogP contribution in [0.5, 0.6) is 5.75 Å². The number of methoxy groups -OCH3 is 2. The topological polar surface area (TPSA) is 95.5 Å². The van der Waals surface area contributed by atoms with Crippen molar-refractivity contribution in [3.05, 3.63) is 28.6 Å². The molecule has 0 atom stereocenters. The molecule has 1 aromatic carbocycles. The maximum Gasteiger partial charge on any atom is 0.313 e. The molecule has 23 heavy (non-hydrogen) atoms. The third kappa shape index (κ3) is 2.70. The highest BCUT2D eigenvalue weighted by Crippen LogP contribution is 2.41. The van der Waals surface area contributed by atoms with Gasteiger partial charge >= 0.3 is 5.69 Å². The summed E-state index contributed by atoms with van der Waals surface area (Å²) in [5, 5.41) is 15.6. The number of hydrogen-bond acceptors (Lipinski definition) is 7. The fraction of sp³-hybridized carbons (Fsp3) is 0.429. The van der Waals surface area contributed by atoms with Crippen LogP contribution >= 0.6 is 0 Å². The molecule has 1 saturated heterocycles. The first kappa shape index (κ1) is 15.2. The second-order valence-electron chi connectivity index (χ2n) is 5.31. The van der Waals surface area contributed by atoms with Gasteiger partial charge in [-0.15, -0.1) is 0 Å². The first-order valence-electron chi connectivity index (χ1n) is 7.03. The number of nitro benzene ring substituents is 1. The van der Waals surface area contributed by atoms with Crippen LogP contribution in [0.4, 0.5) is 11.4 Å². The molecule has 2 aromatic rings. The van der Waals surface area contributed by atoms with Gasteiger partial charge in [-0.2, -0.15) is 5.10 Å². The summed E-state index contributed by atoms with van der Waals surface area (Å²) in [7, 11) is 4.79. The zero-order valence-corrected chi connectivity index (χ0v) is 13.1. The Balaban J connectivity index is 2.09. The molecule has 1 aromatic heterocycles. The molecule has 0 amide bonds. The van der Waals surface area contributed by atoms with Crippen LogP contribution in [0, 0.1) is 10.1 Å². The minimum Gasteiger partial charge on any atom is -0.490 e. The fourth-order valence-corrected chi connectivity index (χ4v) is 2.56. The first-order chi connectivity index (χ1) is 11.0. The fourth-order valence-electron chi connectivity index (χ4n) is 2.56. The van der Waals surface area contributed by atoms with Crippen LogP contribution in [0.3, 0.4) is 0 Å². The van der Waals surface area contributed by atoms with Gasteiger partial charge in [0.2, 0.25) is 5.75 Å². The minimum absolute atomic E-state index is 0.103. The van der Waals surface area contributed by atoms with Crippen LogP contribution in [-0.4, -0.2) is 53.1 Å². The molecule has 3 rings (SSSR count). The molecule has 1 fully saturated rings. The molecular formula is C14H17N5O4. The van der Waals surface area contributed by atoms with E-state index < -0.39 is 4.92 Å². The number of anilines is 1. The maximum atomic E-state index is 11.4. The lowest BCUT2D eigenvalue weighted by Gasteiger charge is -2.40. The Kier molecular flexibility index (Phi) is 3.87. The van der Waals surface area contributed by atoms with Crippen molar-refractivity contribution in [3.63, 3.8) is 0 Å². The molecule has 9 nitrogen and oxygen atoms in total. The average molecular weight is 319 g/mol. The van der Waals surface area contributed by atoms with E-state index in [0.717, 1.165) is 5.69 Å². The number of hydrogen-bond donors (Lipinski definition) is 0. The number of nitrogens with zero attached hydrogens (tertiary/aromatic N) is 5. The highest BCUT2D eigenvalue weighted by molar-refractivity contribution is 5.77. The third-order valence-corrected chi connectivity index (χ3v) is 3.84. The lowest BCUT2D eigenvalue weighted by atomic mass is 10.1. The van der Waals surface area contributed by atoms with E-state index >= 15 is 0 Å². The highest BCUT2D eigenvalue weighted by atomic mass is 16.6. The van der Waals surface area contributed by atoms with Gasteiger partial charge < -0.3 is 14.4 Å². The Hall–Kier alpha value is -2.68. The molecule has 0 N–H and O–H groups in total. The van der Waals surface area contributed by atoms with Gasteiger partial charge in [-0.05, 0) is 6.07 Å². The Labute approximate surface area is 132 Å². The normalized spacial score (nSPS) is 14.7. The highest BCUT2D eigenvalue weighted by Gasteiger charge is 2.31. The molecule has 2 heterocycles. The summed E-state index contributed by atoms with van der Waals surface area (Å²) in [5.74, 6) is 0.548. The summed E-state index contributed by atoms with van der Waals surface area (Å²) in [5.41, 5.74) is 1.12. The molecule has 0 bridgehead atoms. The van der Waals surface area contributed by atoms with Crippen LogP contribution in [0.25, 0.3) is 11.4 Å². The second-order valence-corrected chi connectivity index (χ2v) is 5.31. The molecule has 9 heteroatoms. The van der Waals surface area contributed by atoms with E-state index in [-0.39, 0.29) is 17.5 Å². The second kappa shape index (κ2) is 5.84. The van der Waals surface area contributed by atoms with Gasteiger partial charge in [-0.3, -0.25) is 14.8 Å². The summed E-state index contributed by atoms with van der Waals surface area (Å²) in [6, 6.07) is 3.32. The van der Waals surface area contributed by atoms with Gasteiger partial charge in [0.25, 0.3) is 0 Å². The predicted molar refractivity (Wildman–Crippen MR) is 82.7 cm³/mol. The number of aromatic nitrogens is 3. The number of aryl methyl sites for hydroxylation is 1. The van der Waals surface area contributed by atoms with Gasteiger partial charge in [-0.25, -0.2) is 4.98 Å². The first-order valence-corrected chi connectivity index (χ1v) is 7.03. The van der Waals surface area contributed by atoms with Crippen LogP contribution in [-0.2, 0) is 11.8 Å². The Morgan fingerprint density at radius 2 is 2.09 bits per heavy atom.